The quantitative estimate of drug-likeness (QED) is 0.452. The van der Waals surface area contributed by atoms with Gasteiger partial charge in [0, 0.05) is 24.3 Å². The van der Waals surface area contributed by atoms with Crippen LogP contribution >= 0.6 is 0 Å². The average Bonchev–Trinajstić information content (AvgIpc) is 2.55. The zero-order valence-corrected chi connectivity index (χ0v) is 18.0. The van der Waals surface area contributed by atoms with Crippen LogP contribution in [-0.2, 0) is 8.85 Å². The molecule has 2 rings (SSSR count). The molecule has 0 aromatic rings. The van der Waals surface area contributed by atoms with E-state index in [-0.39, 0.29) is 0 Å². The van der Waals surface area contributed by atoms with Gasteiger partial charge in [0.05, 0.1) is 0 Å². The van der Waals surface area contributed by atoms with E-state index in [0.717, 1.165) is 37.0 Å². The standard InChI is InChI=1S/C21H42O2Si/c1-6-12-22-24(23-16-17(2)3,20-10-8-7-9-11-20)21-14-18(4)13-19(5)15-21/h17-21H,6-16H2,1-5H3. The molecule has 2 saturated carbocycles. The second-order valence-corrected chi connectivity index (χ2v) is 12.9. The molecule has 0 N–H and O–H groups in total. The number of hydrogen-bond donors (Lipinski definition) is 0. The van der Waals surface area contributed by atoms with Gasteiger partial charge in [-0.1, -0.05) is 53.9 Å². The SMILES string of the molecule is CCCO[Si](OCC(C)C)(C1CCCCC1)C1CC(C)CC(C)C1. The fourth-order valence-corrected chi connectivity index (χ4v) is 10.7. The van der Waals surface area contributed by atoms with Crippen molar-refractivity contribution in [3.05, 3.63) is 0 Å². The summed E-state index contributed by atoms with van der Waals surface area (Å²) in [5.41, 5.74) is 1.45. The lowest BCUT2D eigenvalue weighted by molar-refractivity contribution is 0.112. The van der Waals surface area contributed by atoms with Crippen molar-refractivity contribution >= 4 is 8.56 Å². The molecule has 2 aliphatic rings. The Kier molecular flexibility index (Phi) is 8.29. The van der Waals surface area contributed by atoms with Crippen LogP contribution in [0.2, 0.25) is 11.1 Å². The van der Waals surface area contributed by atoms with Gasteiger partial charge in [-0.3, -0.25) is 0 Å². The predicted octanol–water partition coefficient (Wildman–Crippen LogP) is 6.69. The summed E-state index contributed by atoms with van der Waals surface area (Å²) in [6.45, 7) is 13.5. The molecule has 0 heterocycles. The van der Waals surface area contributed by atoms with Gasteiger partial charge in [-0.2, -0.15) is 0 Å². The largest absolute Gasteiger partial charge is 0.394 e. The molecule has 3 atom stereocenters. The molecule has 3 heteroatoms. The van der Waals surface area contributed by atoms with Crippen molar-refractivity contribution in [3.63, 3.8) is 0 Å². The molecule has 24 heavy (non-hydrogen) atoms. The van der Waals surface area contributed by atoms with Crippen LogP contribution in [0, 0.1) is 17.8 Å². The van der Waals surface area contributed by atoms with Gasteiger partial charge < -0.3 is 8.85 Å². The smallest absolute Gasteiger partial charge is 0.344 e. The first-order valence-corrected chi connectivity index (χ1v) is 12.7. The second-order valence-electron chi connectivity index (χ2n) is 9.22. The first-order valence-electron chi connectivity index (χ1n) is 10.8. The Labute approximate surface area is 152 Å². The monoisotopic (exact) mass is 354 g/mol. The molecule has 0 saturated heterocycles. The van der Waals surface area contributed by atoms with E-state index in [1.807, 2.05) is 0 Å². The molecule has 2 nitrogen and oxygen atoms in total. The van der Waals surface area contributed by atoms with Crippen LogP contribution < -0.4 is 0 Å². The third-order valence-electron chi connectivity index (χ3n) is 6.10. The summed E-state index contributed by atoms with van der Waals surface area (Å²) >= 11 is 0. The van der Waals surface area contributed by atoms with Crippen LogP contribution in [0.1, 0.15) is 92.4 Å². The molecule has 0 aromatic carbocycles. The highest BCUT2D eigenvalue weighted by molar-refractivity contribution is 6.70. The lowest BCUT2D eigenvalue weighted by atomic mass is 9.83. The third kappa shape index (κ3) is 5.31. The molecule has 0 bridgehead atoms. The van der Waals surface area contributed by atoms with Crippen LogP contribution in [0.25, 0.3) is 0 Å². The number of hydrogen-bond acceptors (Lipinski definition) is 2. The van der Waals surface area contributed by atoms with Gasteiger partial charge in [-0.25, -0.2) is 0 Å². The van der Waals surface area contributed by atoms with Gasteiger partial charge in [0.15, 0.2) is 0 Å². The molecule has 0 amide bonds. The van der Waals surface area contributed by atoms with Crippen molar-refractivity contribution in [2.75, 3.05) is 13.2 Å². The summed E-state index contributed by atoms with van der Waals surface area (Å²) in [6, 6.07) is 0. The van der Waals surface area contributed by atoms with Crippen LogP contribution in [-0.4, -0.2) is 21.8 Å². The molecule has 0 spiro atoms. The minimum absolute atomic E-state index is 0.601. The molecule has 3 unspecified atom stereocenters. The molecule has 2 aliphatic carbocycles. The van der Waals surface area contributed by atoms with E-state index in [1.54, 1.807) is 0 Å². The van der Waals surface area contributed by atoms with Crippen molar-refractivity contribution in [1.82, 2.24) is 0 Å². The van der Waals surface area contributed by atoms with Crippen LogP contribution in [0.15, 0.2) is 0 Å². The Morgan fingerprint density at radius 3 is 2.04 bits per heavy atom. The zero-order chi connectivity index (χ0) is 17.6. The molecule has 2 fully saturated rings. The Bertz CT molecular complexity index is 344. The van der Waals surface area contributed by atoms with E-state index in [2.05, 4.69) is 34.6 Å². The molecule has 142 valence electrons. The summed E-state index contributed by atoms with van der Waals surface area (Å²) < 4.78 is 13.7. The molecular weight excluding hydrogens is 312 g/mol. The fraction of sp³-hybridized carbons (Fsp3) is 1.00. The van der Waals surface area contributed by atoms with E-state index in [1.165, 1.54) is 51.4 Å². The van der Waals surface area contributed by atoms with Crippen LogP contribution in [0.3, 0.4) is 0 Å². The molecular formula is C21H42O2Si. The van der Waals surface area contributed by atoms with Crippen molar-refractivity contribution in [2.45, 2.75) is 103 Å². The number of rotatable bonds is 8. The Hall–Kier alpha value is 0.137. The summed E-state index contributed by atoms with van der Waals surface area (Å²) in [5, 5.41) is 0. The molecule has 0 aromatic heterocycles. The van der Waals surface area contributed by atoms with Gasteiger partial charge in [-0.15, -0.1) is 0 Å². The van der Waals surface area contributed by atoms with Crippen molar-refractivity contribution in [1.29, 1.82) is 0 Å². The fourth-order valence-electron chi connectivity index (χ4n) is 5.19. The maximum Gasteiger partial charge on any atom is 0.344 e. The van der Waals surface area contributed by atoms with Gasteiger partial charge in [0.1, 0.15) is 0 Å². The van der Waals surface area contributed by atoms with E-state index in [9.17, 15) is 0 Å². The molecule has 0 radical (unpaired) electrons. The highest BCUT2D eigenvalue weighted by atomic mass is 28.4. The van der Waals surface area contributed by atoms with Gasteiger partial charge >= 0.3 is 8.56 Å². The lowest BCUT2D eigenvalue weighted by Gasteiger charge is -2.47. The predicted molar refractivity (Wildman–Crippen MR) is 106 cm³/mol. The minimum Gasteiger partial charge on any atom is -0.394 e. The van der Waals surface area contributed by atoms with E-state index < -0.39 is 8.56 Å². The van der Waals surface area contributed by atoms with E-state index >= 15 is 0 Å². The van der Waals surface area contributed by atoms with Crippen molar-refractivity contribution < 1.29 is 8.85 Å². The van der Waals surface area contributed by atoms with Gasteiger partial charge in [0.2, 0.25) is 0 Å². The normalized spacial score (nSPS) is 32.0. The summed E-state index contributed by atoms with van der Waals surface area (Å²) in [5.74, 6) is 2.27. The van der Waals surface area contributed by atoms with Crippen LogP contribution in [0.5, 0.6) is 0 Å². The Balaban J connectivity index is 2.26. The Morgan fingerprint density at radius 1 is 0.875 bits per heavy atom. The third-order valence-corrected chi connectivity index (χ3v) is 10.7. The summed E-state index contributed by atoms with van der Waals surface area (Å²) in [6.07, 6.45) is 12.1. The molecule has 0 aliphatic heterocycles. The first-order chi connectivity index (χ1) is 11.5. The van der Waals surface area contributed by atoms with Gasteiger partial charge in [-0.05, 0) is 56.3 Å². The topological polar surface area (TPSA) is 18.5 Å². The maximum atomic E-state index is 6.89. The lowest BCUT2D eigenvalue weighted by Crippen LogP contribution is -2.54. The Morgan fingerprint density at radius 2 is 1.50 bits per heavy atom. The summed E-state index contributed by atoms with van der Waals surface area (Å²) in [4.78, 5) is 0. The summed E-state index contributed by atoms with van der Waals surface area (Å²) in [7, 11) is -2.16. The second kappa shape index (κ2) is 9.73. The van der Waals surface area contributed by atoms with E-state index in [4.69, 9.17) is 8.85 Å². The first kappa shape index (κ1) is 20.4. The highest BCUT2D eigenvalue weighted by Gasteiger charge is 2.53. The highest BCUT2D eigenvalue weighted by Crippen LogP contribution is 2.51. The average molecular weight is 355 g/mol. The zero-order valence-electron chi connectivity index (χ0n) is 17.0. The van der Waals surface area contributed by atoms with Crippen LogP contribution in [0.4, 0.5) is 0 Å². The van der Waals surface area contributed by atoms with Gasteiger partial charge in [0.25, 0.3) is 0 Å². The van der Waals surface area contributed by atoms with Crippen molar-refractivity contribution in [2.24, 2.45) is 17.8 Å². The maximum absolute atomic E-state index is 6.89. The van der Waals surface area contributed by atoms with Crippen molar-refractivity contribution in [3.8, 4) is 0 Å². The van der Waals surface area contributed by atoms with E-state index in [0.29, 0.717) is 11.5 Å². The minimum atomic E-state index is -2.16.